The number of piperidine rings is 1. The lowest BCUT2D eigenvalue weighted by molar-refractivity contribution is -0.118. The summed E-state index contributed by atoms with van der Waals surface area (Å²) in [5.74, 6) is 1.41. The summed E-state index contributed by atoms with van der Waals surface area (Å²) in [4.78, 5) is 14.5. The Morgan fingerprint density at radius 2 is 2.12 bits per heavy atom. The van der Waals surface area contributed by atoms with Crippen LogP contribution in [0.3, 0.4) is 0 Å². The van der Waals surface area contributed by atoms with E-state index in [9.17, 15) is 9.90 Å². The minimum Gasteiger partial charge on any atom is -0.488 e. The number of para-hydroxylation sites is 1. The van der Waals surface area contributed by atoms with Crippen LogP contribution in [0.4, 0.5) is 0 Å². The van der Waals surface area contributed by atoms with Crippen LogP contribution in [-0.2, 0) is 4.79 Å². The van der Waals surface area contributed by atoms with Gasteiger partial charge in [-0.15, -0.1) is 0 Å². The Balaban J connectivity index is 1.46. The molecule has 2 heterocycles. The molecule has 130 valence electrons. The zero-order chi connectivity index (χ0) is 16.9. The third-order valence-corrected chi connectivity index (χ3v) is 4.77. The molecule has 1 fully saturated rings. The second-order valence-electron chi connectivity index (χ2n) is 6.84. The average Bonchev–Trinajstić information content (AvgIpc) is 2.61. The van der Waals surface area contributed by atoms with Crippen LogP contribution in [-0.4, -0.2) is 54.8 Å². The van der Waals surface area contributed by atoms with Crippen LogP contribution in [0.15, 0.2) is 29.8 Å². The fourth-order valence-corrected chi connectivity index (χ4v) is 3.18. The van der Waals surface area contributed by atoms with E-state index in [2.05, 4.69) is 17.1 Å². The molecule has 1 aromatic carbocycles. The number of amides is 1. The van der Waals surface area contributed by atoms with Crippen LogP contribution in [0, 0.1) is 5.92 Å². The number of β-amino-alcohol motifs (C(OH)–C–C–N with tert-alkyl or cyclic N) is 1. The Hall–Kier alpha value is -1.85. The number of fused-ring (bicyclic) bond motifs is 1. The molecule has 0 radical (unpaired) electrons. The Morgan fingerprint density at radius 1 is 1.38 bits per heavy atom. The largest absolute Gasteiger partial charge is 0.488 e. The fourth-order valence-electron chi connectivity index (χ4n) is 3.18. The van der Waals surface area contributed by atoms with Gasteiger partial charge >= 0.3 is 0 Å². The van der Waals surface area contributed by atoms with Crippen LogP contribution >= 0.6 is 0 Å². The van der Waals surface area contributed by atoms with E-state index in [4.69, 9.17) is 4.74 Å². The lowest BCUT2D eigenvalue weighted by Crippen LogP contribution is -2.43. The molecule has 2 N–H and O–H groups in total. The molecule has 1 atom stereocenters. The highest BCUT2D eigenvalue weighted by atomic mass is 16.5. The number of carbonyl (C=O) groups is 1. The predicted octanol–water partition coefficient (Wildman–Crippen LogP) is 1.67. The SMILES string of the molecule is CC1CCN(CC(O)CNC(=O)C2=Cc3ccccc3OC2)CC1. The summed E-state index contributed by atoms with van der Waals surface area (Å²) in [5.41, 5.74) is 1.50. The Kier molecular flexibility index (Phi) is 5.53. The molecule has 5 nitrogen and oxygen atoms in total. The molecule has 1 unspecified atom stereocenters. The maximum atomic E-state index is 12.3. The Bertz CT molecular complexity index is 606. The Morgan fingerprint density at radius 3 is 2.92 bits per heavy atom. The van der Waals surface area contributed by atoms with Crippen molar-refractivity contribution in [2.24, 2.45) is 5.92 Å². The first-order valence-corrected chi connectivity index (χ1v) is 8.73. The summed E-state index contributed by atoms with van der Waals surface area (Å²) >= 11 is 0. The molecule has 0 aliphatic carbocycles. The number of hydrogen-bond acceptors (Lipinski definition) is 4. The normalized spacial score (nSPS) is 19.8. The quantitative estimate of drug-likeness (QED) is 0.862. The van der Waals surface area contributed by atoms with E-state index in [0.29, 0.717) is 12.1 Å². The van der Waals surface area contributed by atoms with Gasteiger partial charge in [-0.05, 0) is 44.0 Å². The van der Waals surface area contributed by atoms with Crippen LogP contribution in [0.1, 0.15) is 25.3 Å². The van der Waals surface area contributed by atoms with E-state index in [1.54, 1.807) is 0 Å². The molecule has 1 aromatic rings. The van der Waals surface area contributed by atoms with Gasteiger partial charge in [-0.2, -0.15) is 0 Å². The number of likely N-dealkylation sites (tertiary alicyclic amines) is 1. The number of aliphatic hydroxyl groups excluding tert-OH is 1. The molecule has 0 aromatic heterocycles. The van der Waals surface area contributed by atoms with Crippen molar-refractivity contribution in [1.82, 2.24) is 10.2 Å². The lowest BCUT2D eigenvalue weighted by Gasteiger charge is -2.31. The summed E-state index contributed by atoms with van der Waals surface area (Å²) in [6.45, 7) is 5.48. The lowest BCUT2D eigenvalue weighted by atomic mass is 9.99. The molecule has 24 heavy (non-hydrogen) atoms. The predicted molar refractivity (Wildman–Crippen MR) is 93.8 cm³/mol. The second-order valence-corrected chi connectivity index (χ2v) is 6.84. The zero-order valence-corrected chi connectivity index (χ0v) is 14.2. The summed E-state index contributed by atoms with van der Waals surface area (Å²) in [6.07, 6.45) is 3.68. The maximum absolute atomic E-state index is 12.3. The molecular formula is C19H26N2O3. The first-order chi connectivity index (χ1) is 11.6. The summed E-state index contributed by atoms with van der Waals surface area (Å²) in [5, 5.41) is 13.0. The van der Waals surface area contributed by atoms with Crippen molar-refractivity contribution in [3.63, 3.8) is 0 Å². The van der Waals surface area contributed by atoms with Crippen molar-refractivity contribution < 1.29 is 14.6 Å². The van der Waals surface area contributed by atoms with E-state index >= 15 is 0 Å². The molecule has 2 aliphatic rings. The maximum Gasteiger partial charge on any atom is 0.250 e. The van der Waals surface area contributed by atoms with Crippen molar-refractivity contribution in [2.45, 2.75) is 25.9 Å². The second kappa shape index (κ2) is 7.81. The van der Waals surface area contributed by atoms with E-state index in [-0.39, 0.29) is 19.1 Å². The van der Waals surface area contributed by atoms with Crippen molar-refractivity contribution in [1.29, 1.82) is 0 Å². The average molecular weight is 330 g/mol. The Labute approximate surface area is 143 Å². The number of aliphatic hydroxyl groups is 1. The number of ether oxygens (including phenoxy) is 1. The van der Waals surface area contributed by atoms with Gasteiger partial charge in [-0.25, -0.2) is 0 Å². The molecule has 0 saturated carbocycles. The number of benzene rings is 1. The minimum absolute atomic E-state index is 0.171. The molecule has 3 rings (SSSR count). The van der Waals surface area contributed by atoms with Gasteiger partial charge in [0.1, 0.15) is 12.4 Å². The zero-order valence-electron chi connectivity index (χ0n) is 14.2. The van der Waals surface area contributed by atoms with Gasteiger partial charge < -0.3 is 20.1 Å². The number of hydrogen-bond donors (Lipinski definition) is 2. The van der Waals surface area contributed by atoms with Gasteiger partial charge in [-0.1, -0.05) is 25.1 Å². The summed E-state index contributed by atoms with van der Waals surface area (Å²) in [6, 6.07) is 7.65. The smallest absolute Gasteiger partial charge is 0.250 e. The fraction of sp³-hybridized carbons (Fsp3) is 0.526. The standard InChI is InChI=1S/C19H26N2O3/c1-14-6-8-21(9-7-14)12-17(22)11-20-19(23)16-10-15-4-2-3-5-18(15)24-13-16/h2-5,10,14,17,22H,6-9,11-13H2,1H3,(H,20,23). The molecular weight excluding hydrogens is 304 g/mol. The molecule has 2 aliphatic heterocycles. The third-order valence-electron chi connectivity index (χ3n) is 4.77. The summed E-state index contributed by atoms with van der Waals surface area (Å²) < 4.78 is 5.60. The van der Waals surface area contributed by atoms with Crippen LogP contribution in [0.5, 0.6) is 5.75 Å². The topological polar surface area (TPSA) is 61.8 Å². The number of carbonyl (C=O) groups excluding carboxylic acids is 1. The highest BCUT2D eigenvalue weighted by Crippen LogP contribution is 2.25. The van der Waals surface area contributed by atoms with Gasteiger partial charge in [0.25, 0.3) is 5.91 Å². The van der Waals surface area contributed by atoms with Gasteiger partial charge in [0.05, 0.1) is 11.7 Å². The summed E-state index contributed by atoms with van der Waals surface area (Å²) in [7, 11) is 0. The highest BCUT2D eigenvalue weighted by Gasteiger charge is 2.20. The van der Waals surface area contributed by atoms with Crippen molar-refractivity contribution in [3.05, 3.63) is 35.4 Å². The van der Waals surface area contributed by atoms with Crippen LogP contribution < -0.4 is 10.1 Å². The van der Waals surface area contributed by atoms with Crippen molar-refractivity contribution >= 4 is 12.0 Å². The number of nitrogens with one attached hydrogen (secondary N) is 1. The van der Waals surface area contributed by atoms with Crippen molar-refractivity contribution in [2.75, 3.05) is 32.8 Å². The van der Waals surface area contributed by atoms with E-state index < -0.39 is 6.10 Å². The van der Waals surface area contributed by atoms with Crippen molar-refractivity contribution in [3.8, 4) is 5.75 Å². The molecule has 1 amide bonds. The molecule has 0 spiro atoms. The molecule has 1 saturated heterocycles. The number of nitrogens with zero attached hydrogens (tertiary/aromatic N) is 1. The monoisotopic (exact) mass is 330 g/mol. The first kappa shape index (κ1) is 17.0. The third kappa shape index (κ3) is 4.36. The van der Waals surface area contributed by atoms with E-state index in [1.165, 1.54) is 12.8 Å². The van der Waals surface area contributed by atoms with Gasteiger partial charge in [0, 0.05) is 18.7 Å². The van der Waals surface area contributed by atoms with Gasteiger partial charge in [0.2, 0.25) is 0 Å². The molecule has 0 bridgehead atoms. The van der Waals surface area contributed by atoms with Gasteiger partial charge in [-0.3, -0.25) is 4.79 Å². The number of rotatable bonds is 5. The van der Waals surface area contributed by atoms with Gasteiger partial charge in [0.15, 0.2) is 0 Å². The first-order valence-electron chi connectivity index (χ1n) is 8.73. The van der Waals surface area contributed by atoms with Crippen LogP contribution in [0.25, 0.3) is 6.08 Å². The minimum atomic E-state index is -0.542. The van der Waals surface area contributed by atoms with E-state index in [0.717, 1.165) is 30.3 Å². The van der Waals surface area contributed by atoms with E-state index in [1.807, 2.05) is 30.3 Å². The highest BCUT2D eigenvalue weighted by molar-refractivity contribution is 5.99. The van der Waals surface area contributed by atoms with Crippen LogP contribution in [0.2, 0.25) is 0 Å². The molecule has 5 heteroatoms.